The largest absolute Gasteiger partial charge is 0.461 e. The molecule has 0 spiro atoms. The Kier molecular flexibility index (Phi) is 2.20. The third-order valence-corrected chi connectivity index (χ3v) is 1.12. The Labute approximate surface area is 63.3 Å². The molecule has 0 fully saturated rings. The Morgan fingerprint density at radius 3 is 2.91 bits per heavy atom. The zero-order chi connectivity index (χ0) is 8.27. The van der Waals surface area contributed by atoms with Gasteiger partial charge in [-0.1, -0.05) is 0 Å². The number of ether oxygens (including phenoxy) is 1. The molecule has 0 bridgehead atoms. The normalized spacial score (nSPS) is 9.64. The Morgan fingerprint density at radius 1 is 1.73 bits per heavy atom. The molecule has 0 radical (unpaired) electrons. The van der Waals surface area contributed by atoms with Crippen molar-refractivity contribution in [2.45, 2.75) is 13.8 Å². The van der Waals surface area contributed by atoms with Gasteiger partial charge < -0.3 is 9.26 Å². The average molecular weight is 156 g/mol. The zero-order valence-corrected chi connectivity index (χ0v) is 6.33. The second-order valence-electron chi connectivity index (χ2n) is 1.90. The Hall–Kier alpha value is -1.39. The summed E-state index contributed by atoms with van der Waals surface area (Å²) in [7, 11) is 0. The van der Waals surface area contributed by atoms with Crippen LogP contribution < -0.4 is 0 Å². The van der Waals surface area contributed by atoms with Crippen molar-refractivity contribution >= 4 is 5.97 Å². The molecule has 1 heterocycles. The molecule has 11 heavy (non-hydrogen) atoms. The number of esters is 1. The fourth-order valence-electron chi connectivity index (χ4n) is 0.620. The SMILES string of the molecule is CCOC(=O)c1nnoc1C. The van der Waals surface area contributed by atoms with E-state index in [0.717, 1.165) is 0 Å². The number of hydrogen-bond donors (Lipinski definition) is 0. The molecule has 5 nitrogen and oxygen atoms in total. The first kappa shape index (κ1) is 7.71. The van der Waals surface area contributed by atoms with Gasteiger partial charge in [0.25, 0.3) is 0 Å². The van der Waals surface area contributed by atoms with Gasteiger partial charge in [-0.15, -0.1) is 5.10 Å². The summed E-state index contributed by atoms with van der Waals surface area (Å²) in [5, 5.41) is 6.64. The summed E-state index contributed by atoms with van der Waals surface area (Å²) in [5.41, 5.74) is 0.145. The second-order valence-corrected chi connectivity index (χ2v) is 1.90. The molecule has 1 rings (SSSR count). The van der Waals surface area contributed by atoms with Gasteiger partial charge in [-0.05, 0) is 13.8 Å². The lowest BCUT2D eigenvalue weighted by molar-refractivity contribution is 0.0518. The second kappa shape index (κ2) is 3.14. The first-order chi connectivity index (χ1) is 5.25. The maximum absolute atomic E-state index is 10.9. The topological polar surface area (TPSA) is 65.2 Å². The highest BCUT2D eigenvalue weighted by atomic mass is 16.5. The zero-order valence-electron chi connectivity index (χ0n) is 6.33. The summed E-state index contributed by atoms with van der Waals surface area (Å²) in [6, 6.07) is 0. The lowest BCUT2D eigenvalue weighted by atomic mass is 10.4. The van der Waals surface area contributed by atoms with Crippen LogP contribution in [-0.4, -0.2) is 22.9 Å². The summed E-state index contributed by atoms with van der Waals surface area (Å²) in [5.74, 6) is -0.116. The highest BCUT2D eigenvalue weighted by Crippen LogP contribution is 2.03. The third-order valence-electron chi connectivity index (χ3n) is 1.12. The Bertz CT molecular complexity index is 256. The van der Waals surface area contributed by atoms with E-state index in [0.29, 0.717) is 12.4 Å². The fourth-order valence-corrected chi connectivity index (χ4v) is 0.620. The lowest BCUT2D eigenvalue weighted by Gasteiger charge is -1.95. The molecule has 1 aromatic rings. The Balaban J connectivity index is 2.76. The molecule has 0 saturated carbocycles. The van der Waals surface area contributed by atoms with Gasteiger partial charge in [-0.25, -0.2) is 4.79 Å². The fraction of sp³-hybridized carbons (Fsp3) is 0.500. The number of nitrogens with zero attached hydrogens (tertiary/aromatic N) is 2. The standard InChI is InChI=1S/C6H8N2O3/c1-3-10-6(9)5-4(2)11-8-7-5/h3H2,1-2H3. The molecule has 5 heteroatoms. The maximum atomic E-state index is 10.9. The maximum Gasteiger partial charge on any atom is 0.362 e. The summed E-state index contributed by atoms with van der Waals surface area (Å²) < 4.78 is 9.24. The van der Waals surface area contributed by atoms with Gasteiger partial charge in [-0.3, -0.25) is 0 Å². The van der Waals surface area contributed by atoms with Crippen LogP contribution in [0.4, 0.5) is 0 Å². The van der Waals surface area contributed by atoms with E-state index in [1.165, 1.54) is 0 Å². The third kappa shape index (κ3) is 1.54. The van der Waals surface area contributed by atoms with Crippen LogP contribution in [0.5, 0.6) is 0 Å². The number of carbonyl (C=O) groups excluding carboxylic acids is 1. The van der Waals surface area contributed by atoms with Crippen molar-refractivity contribution in [3.8, 4) is 0 Å². The minimum Gasteiger partial charge on any atom is -0.461 e. The van der Waals surface area contributed by atoms with E-state index < -0.39 is 5.97 Å². The number of carbonyl (C=O) groups is 1. The van der Waals surface area contributed by atoms with Crippen LogP contribution in [0.25, 0.3) is 0 Å². The molecule has 0 N–H and O–H groups in total. The molecule has 0 aliphatic heterocycles. The summed E-state index contributed by atoms with van der Waals surface area (Å²) in [6.45, 7) is 3.65. The molecule has 0 aromatic carbocycles. The van der Waals surface area contributed by atoms with E-state index in [2.05, 4.69) is 19.6 Å². The molecule has 0 unspecified atom stereocenters. The molecule has 0 aliphatic rings. The average Bonchev–Trinajstić information content (AvgIpc) is 2.36. The minimum atomic E-state index is -0.494. The molecule has 60 valence electrons. The van der Waals surface area contributed by atoms with Gasteiger partial charge in [0.15, 0.2) is 5.76 Å². The molecular weight excluding hydrogens is 148 g/mol. The van der Waals surface area contributed by atoms with Crippen LogP contribution in [0.1, 0.15) is 23.2 Å². The van der Waals surface area contributed by atoms with Crippen LogP contribution in [0, 0.1) is 6.92 Å². The van der Waals surface area contributed by atoms with E-state index in [4.69, 9.17) is 0 Å². The van der Waals surface area contributed by atoms with Crippen LogP contribution in [-0.2, 0) is 4.74 Å². The van der Waals surface area contributed by atoms with Crippen LogP contribution in [0.3, 0.4) is 0 Å². The van der Waals surface area contributed by atoms with Gasteiger partial charge >= 0.3 is 5.97 Å². The molecular formula is C6H8N2O3. The minimum absolute atomic E-state index is 0.145. The van der Waals surface area contributed by atoms with E-state index >= 15 is 0 Å². The van der Waals surface area contributed by atoms with Crippen LogP contribution in [0.15, 0.2) is 4.52 Å². The number of hydrogen-bond acceptors (Lipinski definition) is 5. The van der Waals surface area contributed by atoms with E-state index in [1.807, 2.05) is 0 Å². The first-order valence-corrected chi connectivity index (χ1v) is 3.21. The monoisotopic (exact) mass is 156 g/mol. The molecule has 0 amide bonds. The van der Waals surface area contributed by atoms with E-state index in [1.54, 1.807) is 13.8 Å². The summed E-state index contributed by atoms with van der Waals surface area (Å²) in [4.78, 5) is 10.9. The van der Waals surface area contributed by atoms with E-state index in [-0.39, 0.29) is 5.69 Å². The van der Waals surface area contributed by atoms with Gasteiger partial charge in [-0.2, -0.15) is 0 Å². The Morgan fingerprint density at radius 2 is 2.45 bits per heavy atom. The molecule has 0 atom stereocenters. The summed E-state index contributed by atoms with van der Waals surface area (Å²) in [6.07, 6.45) is 0. The predicted molar refractivity (Wildman–Crippen MR) is 35.0 cm³/mol. The van der Waals surface area contributed by atoms with Crippen molar-refractivity contribution in [2.24, 2.45) is 0 Å². The van der Waals surface area contributed by atoms with Crippen molar-refractivity contribution in [1.82, 2.24) is 10.4 Å². The van der Waals surface area contributed by atoms with Gasteiger partial charge in [0.05, 0.1) is 6.61 Å². The molecule has 0 aliphatic carbocycles. The highest BCUT2D eigenvalue weighted by Gasteiger charge is 2.15. The van der Waals surface area contributed by atoms with Crippen LogP contribution >= 0.6 is 0 Å². The van der Waals surface area contributed by atoms with Crippen LogP contribution in [0.2, 0.25) is 0 Å². The van der Waals surface area contributed by atoms with Crippen molar-refractivity contribution in [2.75, 3.05) is 6.61 Å². The number of rotatable bonds is 2. The predicted octanol–water partition coefficient (Wildman–Crippen LogP) is 0.555. The van der Waals surface area contributed by atoms with Gasteiger partial charge in [0, 0.05) is 5.27 Å². The molecule has 0 saturated heterocycles. The quantitative estimate of drug-likeness (QED) is 0.585. The van der Waals surface area contributed by atoms with Crippen molar-refractivity contribution in [3.05, 3.63) is 11.5 Å². The number of aromatic nitrogens is 2. The van der Waals surface area contributed by atoms with Gasteiger partial charge in [0.2, 0.25) is 5.69 Å². The van der Waals surface area contributed by atoms with Crippen molar-refractivity contribution < 1.29 is 14.1 Å². The smallest absolute Gasteiger partial charge is 0.362 e. The van der Waals surface area contributed by atoms with E-state index in [9.17, 15) is 4.79 Å². The summed E-state index contributed by atoms with van der Waals surface area (Å²) >= 11 is 0. The highest BCUT2D eigenvalue weighted by molar-refractivity contribution is 5.87. The van der Waals surface area contributed by atoms with Crippen molar-refractivity contribution in [1.29, 1.82) is 0 Å². The van der Waals surface area contributed by atoms with Crippen molar-refractivity contribution in [3.63, 3.8) is 0 Å². The molecule has 1 aromatic heterocycles. The number of aryl methyl sites for hydroxylation is 1. The van der Waals surface area contributed by atoms with Gasteiger partial charge in [0.1, 0.15) is 0 Å². The first-order valence-electron chi connectivity index (χ1n) is 3.21. The lowest BCUT2D eigenvalue weighted by Crippen LogP contribution is -2.06.